The van der Waals surface area contributed by atoms with Crippen LogP contribution < -0.4 is 5.32 Å². The summed E-state index contributed by atoms with van der Waals surface area (Å²) in [5.74, 6) is 0.190. The maximum absolute atomic E-state index is 11.0. The first-order chi connectivity index (χ1) is 6.87. The quantitative estimate of drug-likeness (QED) is 0.757. The van der Waals surface area contributed by atoms with Gasteiger partial charge in [0.2, 0.25) is 0 Å². The van der Waals surface area contributed by atoms with Crippen LogP contribution in [-0.2, 0) is 14.6 Å². The molecule has 0 aromatic heterocycles. The van der Waals surface area contributed by atoms with Gasteiger partial charge in [-0.1, -0.05) is 0 Å². The summed E-state index contributed by atoms with van der Waals surface area (Å²) < 4.78 is 27.7. The SMILES string of the molecule is CC(CS(C)(=O)=O)NCC1CCC(C)O1. The Bertz CT molecular complexity index is 289. The summed E-state index contributed by atoms with van der Waals surface area (Å²) in [6.45, 7) is 4.71. The number of hydrogen-bond donors (Lipinski definition) is 1. The molecule has 0 amide bonds. The van der Waals surface area contributed by atoms with Crippen molar-refractivity contribution in [1.29, 1.82) is 0 Å². The molecule has 1 heterocycles. The van der Waals surface area contributed by atoms with Gasteiger partial charge in [-0.3, -0.25) is 0 Å². The molecule has 1 aliphatic heterocycles. The monoisotopic (exact) mass is 235 g/mol. The summed E-state index contributed by atoms with van der Waals surface area (Å²) in [6.07, 6.45) is 4.04. The Labute approximate surface area is 92.3 Å². The molecule has 1 aliphatic rings. The van der Waals surface area contributed by atoms with E-state index in [9.17, 15) is 8.42 Å². The normalized spacial score (nSPS) is 29.3. The minimum absolute atomic E-state index is 0.000457. The zero-order valence-corrected chi connectivity index (χ0v) is 10.5. The third-order valence-electron chi connectivity index (χ3n) is 2.57. The molecule has 3 unspecified atom stereocenters. The van der Waals surface area contributed by atoms with Gasteiger partial charge in [-0.2, -0.15) is 0 Å². The van der Waals surface area contributed by atoms with E-state index >= 15 is 0 Å². The van der Waals surface area contributed by atoms with E-state index in [0.717, 1.165) is 19.4 Å². The van der Waals surface area contributed by atoms with Gasteiger partial charge in [-0.05, 0) is 26.7 Å². The van der Waals surface area contributed by atoms with Gasteiger partial charge in [0.15, 0.2) is 0 Å². The zero-order chi connectivity index (χ0) is 11.5. The average molecular weight is 235 g/mol. The van der Waals surface area contributed by atoms with Crippen molar-refractivity contribution in [3.8, 4) is 0 Å². The summed E-state index contributed by atoms with van der Waals surface area (Å²) in [6, 6.07) is -0.000457. The van der Waals surface area contributed by atoms with Gasteiger partial charge in [0.25, 0.3) is 0 Å². The van der Waals surface area contributed by atoms with Crippen molar-refractivity contribution in [1.82, 2.24) is 5.32 Å². The van der Waals surface area contributed by atoms with Crippen molar-refractivity contribution in [3.63, 3.8) is 0 Å². The standard InChI is InChI=1S/C10H21NO3S/c1-8(7-15(3,12)13)11-6-10-5-4-9(2)14-10/h8-11H,4-7H2,1-3H3. The van der Waals surface area contributed by atoms with Crippen molar-refractivity contribution in [3.05, 3.63) is 0 Å². The van der Waals surface area contributed by atoms with E-state index in [1.54, 1.807) is 0 Å². The number of hydrogen-bond acceptors (Lipinski definition) is 4. The largest absolute Gasteiger partial charge is 0.374 e. The van der Waals surface area contributed by atoms with E-state index in [-0.39, 0.29) is 17.9 Å². The van der Waals surface area contributed by atoms with Gasteiger partial charge < -0.3 is 10.1 Å². The van der Waals surface area contributed by atoms with Crippen LogP contribution >= 0.6 is 0 Å². The third kappa shape index (κ3) is 5.49. The van der Waals surface area contributed by atoms with Crippen molar-refractivity contribution in [2.45, 2.75) is 44.9 Å². The van der Waals surface area contributed by atoms with Crippen LogP contribution in [0.2, 0.25) is 0 Å². The lowest BCUT2D eigenvalue weighted by molar-refractivity contribution is 0.0550. The molecular weight excluding hydrogens is 214 g/mol. The second-order valence-electron chi connectivity index (χ2n) is 4.55. The summed E-state index contributed by atoms with van der Waals surface area (Å²) in [4.78, 5) is 0. The molecule has 4 nitrogen and oxygen atoms in total. The van der Waals surface area contributed by atoms with Gasteiger partial charge in [-0.15, -0.1) is 0 Å². The summed E-state index contributed by atoms with van der Waals surface area (Å²) in [7, 11) is -2.88. The Morgan fingerprint density at radius 2 is 2.13 bits per heavy atom. The minimum atomic E-state index is -2.88. The third-order valence-corrected chi connectivity index (χ3v) is 3.67. The lowest BCUT2D eigenvalue weighted by Gasteiger charge is -2.16. The first-order valence-electron chi connectivity index (χ1n) is 5.43. The second kappa shape index (κ2) is 5.27. The minimum Gasteiger partial charge on any atom is -0.374 e. The first-order valence-corrected chi connectivity index (χ1v) is 7.49. The highest BCUT2D eigenvalue weighted by atomic mass is 32.2. The summed E-state index contributed by atoms with van der Waals surface area (Å²) >= 11 is 0. The van der Waals surface area contributed by atoms with E-state index in [4.69, 9.17) is 4.74 Å². The summed E-state index contributed by atoms with van der Waals surface area (Å²) in [5, 5.41) is 3.20. The molecule has 0 spiro atoms. The predicted octanol–water partition coefficient (Wildman–Crippen LogP) is 0.577. The van der Waals surface area contributed by atoms with Crippen LogP contribution in [0.15, 0.2) is 0 Å². The Hall–Kier alpha value is -0.130. The van der Waals surface area contributed by atoms with Gasteiger partial charge in [0, 0.05) is 18.8 Å². The molecule has 3 atom stereocenters. The second-order valence-corrected chi connectivity index (χ2v) is 6.73. The molecule has 0 aliphatic carbocycles. The van der Waals surface area contributed by atoms with Crippen molar-refractivity contribution in [2.75, 3.05) is 18.6 Å². The van der Waals surface area contributed by atoms with E-state index in [1.165, 1.54) is 6.26 Å². The molecule has 15 heavy (non-hydrogen) atoms. The fourth-order valence-corrected chi connectivity index (χ4v) is 2.91. The van der Waals surface area contributed by atoms with Gasteiger partial charge >= 0.3 is 0 Å². The number of ether oxygens (including phenoxy) is 1. The smallest absolute Gasteiger partial charge is 0.148 e. The molecule has 0 aromatic carbocycles. The van der Waals surface area contributed by atoms with Crippen molar-refractivity contribution < 1.29 is 13.2 Å². The molecule has 0 aromatic rings. The first kappa shape index (κ1) is 12.9. The molecule has 1 N–H and O–H groups in total. The Morgan fingerprint density at radius 1 is 1.47 bits per heavy atom. The molecular formula is C10H21NO3S. The Morgan fingerprint density at radius 3 is 2.60 bits per heavy atom. The van der Waals surface area contributed by atoms with Crippen LogP contribution in [0.1, 0.15) is 26.7 Å². The van der Waals surface area contributed by atoms with E-state index in [1.807, 2.05) is 6.92 Å². The molecule has 0 radical (unpaired) electrons. The molecule has 1 saturated heterocycles. The Kier molecular flexibility index (Phi) is 4.55. The number of sulfone groups is 1. The molecule has 1 rings (SSSR count). The van der Waals surface area contributed by atoms with E-state index in [2.05, 4.69) is 12.2 Å². The number of rotatable bonds is 5. The molecule has 90 valence electrons. The molecule has 1 fully saturated rings. The summed E-state index contributed by atoms with van der Waals surface area (Å²) in [5.41, 5.74) is 0. The highest BCUT2D eigenvalue weighted by molar-refractivity contribution is 7.90. The van der Waals surface area contributed by atoms with Crippen LogP contribution in [0.3, 0.4) is 0 Å². The van der Waals surface area contributed by atoms with E-state index in [0.29, 0.717) is 6.10 Å². The molecule has 5 heteroatoms. The topological polar surface area (TPSA) is 55.4 Å². The van der Waals surface area contributed by atoms with Gasteiger partial charge in [0.05, 0.1) is 18.0 Å². The maximum Gasteiger partial charge on any atom is 0.148 e. The van der Waals surface area contributed by atoms with Gasteiger partial charge in [-0.25, -0.2) is 8.42 Å². The van der Waals surface area contributed by atoms with Crippen molar-refractivity contribution in [2.24, 2.45) is 0 Å². The maximum atomic E-state index is 11.0. The highest BCUT2D eigenvalue weighted by Crippen LogP contribution is 2.18. The lowest BCUT2D eigenvalue weighted by Crippen LogP contribution is -2.37. The highest BCUT2D eigenvalue weighted by Gasteiger charge is 2.22. The van der Waals surface area contributed by atoms with Crippen LogP contribution in [0.25, 0.3) is 0 Å². The van der Waals surface area contributed by atoms with Crippen LogP contribution in [0.5, 0.6) is 0 Å². The fourth-order valence-electron chi connectivity index (χ4n) is 1.88. The van der Waals surface area contributed by atoms with E-state index < -0.39 is 9.84 Å². The van der Waals surface area contributed by atoms with Crippen molar-refractivity contribution >= 4 is 9.84 Å². The predicted molar refractivity (Wildman–Crippen MR) is 60.7 cm³/mol. The molecule has 0 saturated carbocycles. The van der Waals surface area contributed by atoms with Crippen LogP contribution in [-0.4, -0.2) is 45.2 Å². The van der Waals surface area contributed by atoms with Crippen LogP contribution in [0, 0.1) is 0 Å². The average Bonchev–Trinajstić information content (AvgIpc) is 2.45. The van der Waals surface area contributed by atoms with Gasteiger partial charge in [0.1, 0.15) is 9.84 Å². The molecule has 0 bridgehead atoms. The van der Waals surface area contributed by atoms with Crippen LogP contribution in [0.4, 0.5) is 0 Å². The number of nitrogens with one attached hydrogen (secondary N) is 1. The fraction of sp³-hybridized carbons (Fsp3) is 1.00. The zero-order valence-electron chi connectivity index (χ0n) is 9.69. The Balaban J connectivity index is 2.20. The lowest BCUT2D eigenvalue weighted by atomic mass is 10.2.